The van der Waals surface area contributed by atoms with Gasteiger partial charge in [0.1, 0.15) is 5.69 Å². The van der Waals surface area contributed by atoms with E-state index in [0.29, 0.717) is 30.4 Å². The van der Waals surface area contributed by atoms with Gasteiger partial charge in [-0.25, -0.2) is 0 Å². The molecule has 0 aliphatic carbocycles. The van der Waals surface area contributed by atoms with Gasteiger partial charge in [-0.1, -0.05) is 5.16 Å². The van der Waals surface area contributed by atoms with Crippen LogP contribution in [0.3, 0.4) is 0 Å². The van der Waals surface area contributed by atoms with Crippen molar-refractivity contribution >= 4 is 5.91 Å². The van der Waals surface area contributed by atoms with E-state index >= 15 is 0 Å². The second-order valence-electron chi connectivity index (χ2n) is 3.68. The molecule has 2 aromatic rings. The van der Waals surface area contributed by atoms with Gasteiger partial charge in [-0.3, -0.25) is 9.89 Å². The Kier molecular flexibility index (Phi) is 3.17. The van der Waals surface area contributed by atoms with Crippen LogP contribution in [0.2, 0.25) is 0 Å². The molecule has 0 aliphatic rings. The highest BCUT2D eigenvalue weighted by Crippen LogP contribution is 1.98. The second kappa shape index (κ2) is 4.77. The van der Waals surface area contributed by atoms with Crippen molar-refractivity contribution in [3.8, 4) is 0 Å². The van der Waals surface area contributed by atoms with Crippen LogP contribution >= 0.6 is 0 Å². The highest BCUT2D eigenvalue weighted by atomic mass is 16.5. The van der Waals surface area contributed by atoms with Crippen LogP contribution in [0.15, 0.2) is 10.6 Å². The van der Waals surface area contributed by atoms with Gasteiger partial charge in [0.2, 0.25) is 5.89 Å². The first-order chi connectivity index (χ1) is 8.15. The number of hydrogen-bond donors (Lipinski definition) is 2. The zero-order valence-electron chi connectivity index (χ0n) is 9.65. The maximum atomic E-state index is 11.6. The number of carbonyl (C=O) groups excluding carboxylic acids is 1. The van der Waals surface area contributed by atoms with E-state index in [-0.39, 0.29) is 5.91 Å². The average molecular weight is 235 g/mol. The van der Waals surface area contributed by atoms with E-state index in [1.807, 2.05) is 6.92 Å². The number of hydrogen-bond acceptors (Lipinski definition) is 5. The number of aryl methyl sites for hydroxylation is 2. The summed E-state index contributed by atoms with van der Waals surface area (Å²) in [6.07, 6.45) is 0.510. The fourth-order valence-corrected chi connectivity index (χ4v) is 1.35. The topological polar surface area (TPSA) is 96.7 Å². The summed E-state index contributed by atoms with van der Waals surface area (Å²) in [6, 6.07) is 1.69. The summed E-state index contributed by atoms with van der Waals surface area (Å²) in [6.45, 7) is 4.02. The summed E-state index contributed by atoms with van der Waals surface area (Å²) in [4.78, 5) is 15.6. The highest BCUT2D eigenvalue weighted by molar-refractivity contribution is 5.92. The Hall–Kier alpha value is -2.18. The molecule has 1 amide bonds. The van der Waals surface area contributed by atoms with Crippen LogP contribution in [-0.2, 0) is 6.42 Å². The standard InChI is InChI=1S/C10H13N5O2/c1-6-5-8(14-13-6)10(16)11-4-3-9-12-7(2)15-17-9/h5H,3-4H2,1-2H3,(H,11,16)(H,13,14). The molecule has 0 bridgehead atoms. The van der Waals surface area contributed by atoms with Crippen molar-refractivity contribution < 1.29 is 9.32 Å². The van der Waals surface area contributed by atoms with Gasteiger partial charge in [0, 0.05) is 18.7 Å². The summed E-state index contributed by atoms with van der Waals surface area (Å²) in [7, 11) is 0. The van der Waals surface area contributed by atoms with Crippen molar-refractivity contribution in [2.45, 2.75) is 20.3 Å². The number of nitrogens with one attached hydrogen (secondary N) is 2. The summed E-state index contributed by atoms with van der Waals surface area (Å²) in [5.41, 5.74) is 1.23. The smallest absolute Gasteiger partial charge is 0.271 e. The first-order valence-electron chi connectivity index (χ1n) is 5.24. The van der Waals surface area contributed by atoms with E-state index in [2.05, 4.69) is 25.7 Å². The zero-order valence-corrected chi connectivity index (χ0v) is 9.65. The zero-order chi connectivity index (χ0) is 12.3. The van der Waals surface area contributed by atoms with Crippen LogP contribution in [-0.4, -0.2) is 32.8 Å². The summed E-state index contributed by atoms with van der Waals surface area (Å²) < 4.78 is 4.92. The monoisotopic (exact) mass is 235 g/mol. The molecule has 0 aliphatic heterocycles. The van der Waals surface area contributed by atoms with Gasteiger partial charge in [-0.2, -0.15) is 10.1 Å². The molecule has 0 fully saturated rings. The van der Waals surface area contributed by atoms with Crippen LogP contribution < -0.4 is 5.32 Å². The summed E-state index contributed by atoms with van der Waals surface area (Å²) >= 11 is 0. The van der Waals surface area contributed by atoms with Crippen molar-refractivity contribution in [2.24, 2.45) is 0 Å². The van der Waals surface area contributed by atoms with E-state index in [1.54, 1.807) is 13.0 Å². The van der Waals surface area contributed by atoms with Gasteiger partial charge in [-0.15, -0.1) is 0 Å². The van der Waals surface area contributed by atoms with Gasteiger partial charge >= 0.3 is 0 Å². The molecule has 0 unspecified atom stereocenters. The lowest BCUT2D eigenvalue weighted by molar-refractivity contribution is 0.0948. The fraction of sp³-hybridized carbons (Fsp3) is 0.400. The summed E-state index contributed by atoms with van der Waals surface area (Å²) in [5.74, 6) is 0.890. The number of carbonyl (C=O) groups is 1. The molecule has 90 valence electrons. The average Bonchev–Trinajstić information content (AvgIpc) is 2.88. The van der Waals surface area contributed by atoms with Crippen LogP contribution in [0.1, 0.15) is 27.9 Å². The van der Waals surface area contributed by atoms with Crippen molar-refractivity contribution in [1.82, 2.24) is 25.7 Å². The van der Waals surface area contributed by atoms with Crippen LogP contribution in [0.25, 0.3) is 0 Å². The molecule has 17 heavy (non-hydrogen) atoms. The molecule has 0 aromatic carbocycles. The lowest BCUT2D eigenvalue weighted by atomic mass is 10.3. The molecule has 7 nitrogen and oxygen atoms in total. The van der Waals surface area contributed by atoms with E-state index in [9.17, 15) is 4.79 Å². The molecule has 0 saturated carbocycles. The van der Waals surface area contributed by atoms with Crippen LogP contribution in [0, 0.1) is 13.8 Å². The molecule has 2 aromatic heterocycles. The SMILES string of the molecule is Cc1noc(CCNC(=O)c2cc(C)[nH]n2)n1. The van der Waals surface area contributed by atoms with Gasteiger partial charge in [0.05, 0.1) is 0 Å². The third-order valence-electron chi connectivity index (χ3n) is 2.13. The largest absolute Gasteiger partial charge is 0.350 e. The third kappa shape index (κ3) is 2.90. The van der Waals surface area contributed by atoms with Gasteiger partial charge in [-0.05, 0) is 19.9 Å². The second-order valence-corrected chi connectivity index (χ2v) is 3.68. The predicted molar refractivity (Wildman–Crippen MR) is 58.4 cm³/mol. The molecular formula is C10H13N5O2. The Morgan fingerprint density at radius 2 is 2.35 bits per heavy atom. The molecule has 7 heteroatoms. The predicted octanol–water partition coefficient (Wildman–Crippen LogP) is 0.382. The minimum atomic E-state index is -0.217. The number of aromatic amines is 1. The Labute approximate surface area is 97.6 Å². The molecule has 0 radical (unpaired) electrons. The number of aromatic nitrogens is 4. The van der Waals surface area contributed by atoms with E-state index in [0.717, 1.165) is 5.69 Å². The van der Waals surface area contributed by atoms with Crippen LogP contribution in [0.5, 0.6) is 0 Å². The minimum Gasteiger partial charge on any atom is -0.350 e. The van der Waals surface area contributed by atoms with Crippen molar-refractivity contribution in [3.63, 3.8) is 0 Å². The first kappa shape index (κ1) is 11.3. The maximum absolute atomic E-state index is 11.6. The number of rotatable bonds is 4. The number of H-pyrrole nitrogens is 1. The Balaban J connectivity index is 1.81. The molecule has 0 saturated heterocycles. The Morgan fingerprint density at radius 1 is 1.53 bits per heavy atom. The van der Waals surface area contributed by atoms with Crippen molar-refractivity contribution in [1.29, 1.82) is 0 Å². The Morgan fingerprint density at radius 3 is 2.94 bits per heavy atom. The van der Waals surface area contributed by atoms with Crippen molar-refractivity contribution in [3.05, 3.63) is 29.2 Å². The normalized spacial score (nSPS) is 10.5. The minimum absolute atomic E-state index is 0.217. The molecule has 2 heterocycles. The van der Waals surface area contributed by atoms with Crippen molar-refractivity contribution in [2.75, 3.05) is 6.54 Å². The molecule has 2 N–H and O–H groups in total. The highest BCUT2D eigenvalue weighted by Gasteiger charge is 2.09. The Bertz CT molecular complexity index is 516. The number of nitrogens with zero attached hydrogens (tertiary/aromatic N) is 3. The van der Waals surface area contributed by atoms with Gasteiger partial charge < -0.3 is 9.84 Å². The maximum Gasteiger partial charge on any atom is 0.271 e. The summed E-state index contributed by atoms with van der Waals surface area (Å²) in [5, 5.41) is 12.9. The fourth-order valence-electron chi connectivity index (χ4n) is 1.35. The molecule has 0 atom stereocenters. The molecular weight excluding hydrogens is 222 g/mol. The van der Waals surface area contributed by atoms with Crippen LogP contribution in [0.4, 0.5) is 0 Å². The van der Waals surface area contributed by atoms with E-state index < -0.39 is 0 Å². The lowest BCUT2D eigenvalue weighted by Gasteiger charge is -1.99. The van der Waals surface area contributed by atoms with Gasteiger partial charge in [0.25, 0.3) is 5.91 Å². The quantitative estimate of drug-likeness (QED) is 0.798. The van der Waals surface area contributed by atoms with E-state index in [1.165, 1.54) is 0 Å². The lowest BCUT2D eigenvalue weighted by Crippen LogP contribution is -2.26. The molecule has 0 spiro atoms. The first-order valence-corrected chi connectivity index (χ1v) is 5.24. The van der Waals surface area contributed by atoms with E-state index in [4.69, 9.17) is 4.52 Å². The number of amides is 1. The third-order valence-corrected chi connectivity index (χ3v) is 2.13. The molecule has 2 rings (SSSR count). The van der Waals surface area contributed by atoms with Gasteiger partial charge in [0.15, 0.2) is 5.82 Å².